The molecule has 2 nitrogen and oxygen atoms in total. The van der Waals surface area contributed by atoms with Crippen LogP contribution in [-0.2, 0) is 11.2 Å². The molecule has 72 valence electrons. The molecule has 0 amide bonds. The first-order chi connectivity index (χ1) is 6.42. The van der Waals surface area contributed by atoms with Crippen molar-refractivity contribution in [2.75, 3.05) is 19.7 Å². The van der Waals surface area contributed by atoms with Gasteiger partial charge in [-0.1, -0.05) is 6.92 Å². The van der Waals surface area contributed by atoms with Crippen molar-refractivity contribution in [2.24, 2.45) is 0 Å². The second-order valence-corrected chi connectivity index (χ2v) is 4.22. The summed E-state index contributed by atoms with van der Waals surface area (Å²) in [5, 5.41) is 5.49. The van der Waals surface area contributed by atoms with Crippen LogP contribution in [-0.4, -0.2) is 19.7 Å². The van der Waals surface area contributed by atoms with Crippen LogP contribution < -0.4 is 5.32 Å². The summed E-state index contributed by atoms with van der Waals surface area (Å²) < 4.78 is 5.71. The quantitative estimate of drug-likeness (QED) is 0.800. The van der Waals surface area contributed by atoms with Gasteiger partial charge in [0.05, 0.1) is 12.7 Å². The molecule has 1 aliphatic heterocycles. The number of hydrogen-bond acceptors (Lipinski definition) is 3. The summed E-state index contributed by atoms with van der Waals surface area (Å²) in [6, 6.07) is 2.20. The van der Waals surface area contributed by atoms with E-state index in [1.54, 1.807) is 0 Å². The van der Waals surface area contributed by atoms with Gasteiger partial charge in [-0.15, -0.1) is 11.3 Å². The van der Waals surface area contributed by atoms with Gasteiger partial charge in [-0.2, -0.15) is 0 Å². The Balaban J connectivity index is 2.07. The van der Waals surface area contributed by atoms with Crippen molar-refractivity contribution in [1.29, 1.82) is 0 Å². The Morgan fingerprint density at radius 1 is 1.69 bits per heavy atom. The van der Waals surface area contributed by atoms with Gasteiger partial charge in [0.15, 0.2) is 0 Å². The molecule has 0 radical (unpaired) electrons. The number of hydrogen-bond donors (Lipinski definition) is 1. The number of fused-ring (bicyclic) bond motifs is 1. The minimum absolute atomic E-state index is 0.287. The summed E-state index contributed by atoms with van der Waals surface area (Å²) in [5.41, 5.74) is 1.40. The van der Waals surface area contributed by atoms with Crippen LogP contribution >= 0.6 is 11.3 Å². The smallest absolute Gasteiger partial charge is 0.0960 e. The predicted molar refractivity (Wildman–Crippen MR) is 55.3 cm³/mol. The molecule has 0 saturated carbocycles. The average molecular weight is 197 g/mol. The maximum atomic E-state index is 5.71. The molecule has 0 aromatic carbocycles. The van der Waals surface area contributed by atoms with Crippen LogP contribution in [0, 0.1) is 0 Å². The summed E-state index contributed by atoms with van der Waals surface area (Å²) >= 11 is 1.85. The van der Waals surface area contributed by atoms with Crippen LogP contribution in [0.5, 0.6) is 0 Å². The predicted octanol–water partition coefficient (Wildman–Crippen LogP) is 1.97. The molecule has 0 saturated heterocycles. The Morgan fingerprint density at radius 2 is 2.62 bits per heavy atom. The summed E-state index contributed by atoms with van der Waals surface area (Å²) in [6.45, 7) is 4.96. The van der Waals surface area contributed by atoms with E-state index in [9.17, 15) is 0 Å². The largest absolute Gasteiger partial charge is 0.372 e. The van der Waals surface area contributed by atoms with Crippen LogP contribution in [0.4, 0.5) is 0 Å². The number of rotatable bonds is 3. The van der Waals surface area contributed by atoms with Gasteiger partial charge >= 0.3 is 0 Å². The van der Waals surface area contributed by atoms with Gasteiger partial charge in [0, 0.05) is 17.8 Å². The maximum absolute atomic E-state index is 5.71. The molecule has 0 bridgehead atoms. The van der Waals surface area contributed by atoms with Gasteiger partial charge in [0.25, 0.3) is 0 Å². The first-order valence-corrected chi connectivity index (χ1v) is 5.68. The van der Waals surface area contributed by atoms with Gasteiger partial charge in [-0.3, -0.25) is 0 Å². The van der Waals surface area contributed by atoms with Crippen molar-refractivity contribution in [3.8, 4) is 0 Å². The molecule has 0 unspecified atom stereocenters. The van der Waals surface area contributed by atoms with E-state index >= 15 is 0 Å². The van der Waals surface area contributed by atoms with E-state index in [4.69, 9.17) is 4.74 Å². The number of thiophene rings is 1. The fourth-order valence-corrected chi connectivity index (χ4v) is 2.58. The maximum Gasteiger partial charge on any atom is 0.0960 e. The highest BCUT2D eigenvalue weighted by molar-refractivity contribution is 7.10. The Bertz CT molecular complexity index is 272. The van der Waals surface area contributed by atoms with E-state index in [0.717, 1.165) is 26.1 Å². The van der Waals surface area contributed by atoms with Gasteiger partial charge in [-0.05, 0) is 23.6 Å². The van der Waals surface area contributed by atoms with Gasteiger partial charge < -0.3 is 10.1 Å². The van der Waals surface area contributed by atoms with E-state index < -0.39 is 0 Å². The van der Waals surface area contributed by atoms with E-state index in [1.165, 1.54) is 10.4 Å². The lowest BCUT2D eigenvalue weighted by molar-refractivity contribution is 0.0442. The molecular weight excluding hydrogens is 182 g/mol. The van der Waals surface area contributed by atoms with E-state index in [2.05, 4.69) is 23.7 Å². The van der Waals surface area contributed by atoms with Crippen molar-refractivity contribution >= 4 is 11.3 Å². The SMILES string of the molecule is CCNC[C@@H]1OCCc2sccc21. The fourth-order valence-electron chi connectivity index (χ4n) is 1.67. The van der Waals surface area contributed by atoms with Crippen molar-refractivity contribution in [1.82, 2.24) is 5.32 Å². The molecule has 1 aromatic rings. The molecule has 2 rings (SSSR count). The van der Waals surface area contributed by atoms with Gasteiger partial charge in [0.2, 0.25) is 0 Å². The van der Waals surface area contributed by atoms with Crippen LogP contribution in [0.15, 0.2) is 11.4 Å². The van der Waals surface area contributed by atoms with Crippen molar-refractivity contribution in [2.45, 2.75) is 19.4 Å². The minimum Gasteiger partial charge on any atom is -0.372 e. The molecule has 0 fully saturated rings. The zero-order chi connectivity index (χ0) is 9.10. The lowest BCUT2D eigenvalue weighted by atomic mass is 10.1. The van der Waals surface area contributed by atoms with E-state index in [0.29, 0.717) is 0 Å². The number of ether oxygens (including phenoxy) is 1. The lowest BCUT2D eigenvalue weighted by Crippen LogP contribution is -2.26. The molecule has 0 spiro atoms. The first kappa shape index (κ1) is 9.19. The number of likely N-dealkylation sites (N-methyl/N-ethyl adjacent to an activating group) is 1. The number of nitrogens with one attached hydrogen (secondary N) is 1. The fraction of sp³-hybridized carbons (Fsp3) is 0.600. The highest BCUT2D eigenvalue weighted by atomic mass is 32.1. The molecule has 1 aliphatic rings. The molecule has 1 N–H and O–H groups in total. The average Bonchev–Trinajstić information content (AvgIpc) is 2.62. The van der Waals surface area contributed by atoms with Crippen LogP contribution in [0.1, 0.15) is 23.5 Å². The van der Waals surface area contributed by atoms with Gasteiger partial charge in [-0.25, -0.2) is 0 Å². The molecular formula is C10H15NOS. The lowest BCUT2D eigenvalue weighted by Gasteiger charge is -2.23. The zero-order valence-corrected chi connectivity index (χ0v) is 8.69. The third kappa shape index (κ3) is 1.93. The second kappa shape index (κ2) is 4.22. The van der Waals surface area contributed by atoms with Crippen molar-refractivity contribution in [3.63, 3.8) is 0 Å². The summed E-state index contributed by atoms with van der Waals surface area (Å²) in [4.78, 5) is 1.51. The molecule has 3 heteroatoms. The minimum atomic E-state index is 0.287. The van der Waals surface area contributed by atoms with Crippen LogP contribution in [0.25, 0.3) is 0 Å². The standard InChI is InChI=1S/C10H15NOS/c1-2-11-7-9-8-4-6-13-10(8)3-5-12-9/h4,6,9,11H,2-3,5,7H2,1H3/t9-/m0/s1. The van der Waals surface area contributed by atoms with Crippen molar-refractivity contribution in [3.05, 3.63) is 21.9 Å². The Kier molecular flexibility index (Phi) is 2.98. The first-order valence-electron chi connectivity index (χ1n) is 4.80. The molecule has 1 aromatic heterocycles. The Labute approximate surface area is 82.9 Å². The normalized spacial score (nSPS) is 21.5. The third-order valence-corrected chi connectivity index (χ3v) is 3.35. The van der Waals surface area contributed by atoms with E-state index in [1.807, 2.05) is 11.3 Å². The van der Waals surface area contributed by atoms with Crippen LogP contribution in [0.3, 0.4) is 0 Å². The Morgan fingerprint density at radius 3 is 3.46 bits per heavy atom. The summed E-state index contributed by atoms with van der Waals surface area (Å²) in [6.07, 6.45) is 1.38. The molecule has 0 aliphatic carbocycles. The zero-order valence-electron chi connectivity index (χ0n) is 7.88. The molecule has 2 heterocycles. The highest BCUT2D eigenvalue weighted by Crippen LogP contribution is 2.30. The summed E-state index contributed by atoms with van der Waals surface area (Å²) in [7, 11) is 0. The Hall–Kier alpha value is -0.380. The van der Waals surface area contributed by atoms with Crippen molar-refractivity contribution < 1.29 is 4.74 Å². The van der Waals surface area contributed by atoms with Crippen LogP contribution in [0.2, 0.25) is 0 Å². The topological polar surface area (TPSA) is 21.3 Å². The molecule has 13 heavy (non-hydrogen) atoms. The van der Waals surface area contributed by atoms with Gasteiger partial charge in [0.1, 0.15) is 0 Å². The second-order valence-electron chi connectivity index (χ2n) is 3.22. The third-order valence-electron chi connectivity index (χ3n) is 2.35. The van der Waals surface area contributed by atoms with E-state index in [-0.39, 0.29) is 6.10 Å². The molecule has 1 atom stereocenters. The highest BCUT2D eigenvalue weighted by Gasteiger charge is 2.20. The monoisotopic (exact) mass is 197 g/mol. The summed E-state index contributed by atoms with van der Waals surface area (Å²) in [5.74, 6) is 0.